The van der Waals surface area contributed by atoms with E-state index in [9.17, 15) is 0 Å². The molecule has 1 aromatic rings. The van der Waals surface area contributed by atoms with E-state index in [4.69, 9.17) is 9.47 Å². The molecule has 0 bridgehead atoms. The van der Waals surface area contributed by atoms with E-state index in [-0.39, 0.29) is 0 Å². The number of nitrogens with one attached hydrogen (secondary N) is 2. The Balaban J connectivity index is 1.55. The molecule has 21 heavy (non-hydrogen) atoms. The van der Waals surface area contributed by atoms with Gasteiger partial charge in [0.2, 0.25) is 0 Å². The molecule has 1 aromatic heterocycles. The summed E-state index contributed by atoms with van der Waals surface area (Å²) in [6, 6.07) is 0.545. The van der Waals surface area contributed by atoms with Gasteiger partial charge in [-0.15, -0.1) is 0 Å². The second-order valence-corrected chi connectivity index (χ2v) is 5.99. The standard InChI is InChI=1S/C15H26N4O2/c1-12-14(9-17-18-12)8-16-10-15(13-2-5-21-11-13)19-3-6-20-7-4-19/h9,13,15-16H,2-8,10-11H2,1H3,(H,17,18)/t13-,15+/m1/s1. The highest BCUT2D eigenvalue weighted by Gasteiger charge is 2.31. The Morgan fingerprint density at radius 1 is 1.38 bits per heavy atom. The molecular formula is C15H26N4O2. The molecule has 2 fully saturated rings. The van der Waals surface area contributed by atoms with Crippen molar-refractivity contribution in [2.24, 2.45) is 5.92 Å². The van der Waals surface area contributed by atoms with E-state index in [1.54, 1.807) is 0 Å². The van der Waals surface area contributed by atoms with Gasteiger partial charge < -0.3 is 14.8 Å². The van der Waals surface area contributed by atoms with Gasteiger partial charge in [0.1, 0.15) is 0 Å². The molecule has 0 radical (unpaired) electrons. The molecule has 0 aromatic carbocycles. The Morgan fingerprint density at radius 3 is 2.90 bits per heavy atom. The molecule has 118 valence electrons. The van der Waals surface area contributed by atoms with Crippen LogP contribution in [-0.2, 0) is 16.0 Å². The van der Waals surface area contributed by atoms with Gasteiger partial charge in [-0.2, -0.15) is 5.10 Å². The molecule has 6 heteroatoms. The van der Waals surface area contributed by atoms with Crippen LogP contribution >= 0.6 is 0 Å². The average Bonchev–Trinajstić information content (AvgIpc) is 3.17. The number of ether oxygens (including phenoxy) is 2. The summed E-state index contributed by atoms with van der Waals surface area (Å²) in [5.74, 6) is 0.640. The lowest BCUT2D eigenvalue weighted by molar-refractivity contribution is 0.00137. The van der Waals surface area contributed by atoms with Crippen molar-refractivity contribution in [2.45, 2.75) is 25.9 Å². The number of morpholine rings is 1. The molecule has 0 saturated carbocycles. The number of aryl methyl sites for hydroxylation is 1. The van der Waals surface area contributed by atoms with E-state index >= 15 is 0 Å². The number of aromatic nitrogens is 2. The Hall–Kier alpha value is -0.950. The largest absolute Gasteiger partial charge is 0.381 e. The minimum atomic E-state index is 0.545. The lowest BCUT2D eigenvalue weighted by Crippen LogP contribution is -2.51. The van der Waals surface area contributed by atoms with E-state index in [0.717, 1.165) is 58.3 Å². The van der Waals surface area contributed by atoms with E-state index in [1.165, 1.54) is 12.0 Å². The first-order valence-electron chi connectivity index (χ1n) is 7.93. The highest BCUT2D eigenvalue weighted by molar-refractivity contribution is 5.13. The molecule has 0 aliphatic carbocycles. The Morgan fingerprint density at radius 2 is 2.24 bits per heavy atom. The average molecular weight is 294 g/mol. The summed E-state index contributed by atoms with van der Waals surface area (Å²) in [6.07, 6.45) is 3.08. The van der Waals surface area contributed by atoms with Gasteiger partial charge in [0, 0.05) is 56.0 Å². The molecular weight excluding hydrogens is 268 g/mol. The van der Waals surface area contributed by atoms with Crippen molar-refractivity contribution in [1.82, 2.24) is 20.4 Å². The summed E-state index contributed by atoms with van der Waals surface area (Å²) in [5, 5.41) is 10.7. The van der Waals surface area contributed by atoms with Crippen molar-refractivity contribution >= 4 is 0 Å². The number of nitrogens with zero attached hydrogens (tertiary/aromatic N) is 2. The van der Waals surface area contributed by atoms with Crippen molar-refractivity contribution in [3.8, 4) is 0 Å². The zero-order valence-electron chi connectivity index (χ0n) is 12.8. The molecule has 2 aliphatic heterocycles. The van der Waals surface area contributed by atoms with Crippen LogP contribution < -0.4 is 5.32 Å². The quantitative estimate of drug-likeness (QED) is 0.802. The van der Waals surface area contributed by atoms with Crippen molar-refractivity contribution < 1.29 is 9.47 Å². The molecule has 2 aliphatic rings. The molecule has 0 amide bonds. The zero-order chi connectivity index (χ0) is 14.5. The van der Waals surface area contributed by atoms with E-state index in [1.807, 2.05) is 6.20 Å². The van der Waals surface area contributed by atoms with Gasteiger partial charge in [0.15, 0.2) is 0 Å². The van der Waals surface area contributed by atoms with Crippen LogP contribution in [0, 0.1) is 12.8 Å². The van der Waals surface area contributed by atoms with Gasteiger partial charge in [-0.1, -0.05) is 0 Å². The number of H-pyrrole nitrogens is 1. The van der Waals surface area contributed by atoms with Crippen molar-refractivity contribution in [3.05, 3.63) is 17.5 Å². The molecule has 3 heterocycles. The van der Waals surface area contributed by atoms with Crippen LogP contribution in [0.2, 0.25) is 0 Å². The lowest BCUT2D eigenvalue weighted by atomic mass is 9.97. The van der Waals surface area contributed by atoms with Gasteiger partial charge in [-0.3, -0.25) is 10.00 Å². The second kappa shape index (κ2) is 7.35. The van der Waals surface area contributed by atoms with Crippen LogP contribution in [0.25, 0.3) is 0 Å². The summed E-state index contributed by atoms with van der Waals surface area (Å²) in [7, 11) is 0. The molecule has 3 rings (SSSR count). The summed E-state index contributed by atoms with van der Waals surface area (Å²) in [5.41, 5.74) is 2.40. The lowest BCUT2D eigenvalue weighted by Gasteiger charge is -2.37. The van der Waals surface area contributed by atoms with Crippen molar-refractivity contribution in [2.75, 3.05) is 46.1 Å². The van der Waals surface area contributed by atoms with Crippen LogP contribution in [-0.4, -0.2) is 67.2 Å². The minimum Gasteiger partial charge on any atom is -0.381 e. The summed E-state index contributed by atoms with van der Waals surface area (Å²) in [6.45, 7) is 9.52. The highest BCUT2D eigenvalue weighted by atomic mass is 16.5. The third-order valence-corrected chi connectivity index (χ3v) is 4.63. The number of hydrogen-bond donors (Lipinski definition) is 2. The number of aromatic amines is 1. The van der Waals surface area contributed by atoms with Crippen LogP contribution in [0.5, 0.6) is 0 Å². The topological polar surface area (TPSA) is 62.4 Å². The van der Waals surface area contributed by atoms with E-state index in [2.05, 4.69) is 27.3 Å². The Kier molecular flexibility index (Phi) is 5.24. The molecule has 6 nitrogen and oxygen atoms in total. The normalized spacial score (nSPS) is 25.3. The maximum atomic E-state index is 5.60. The van der Waals surface area contributed by atoms with Gasteiger partial charge in [-0.25, -0.2) is 0 Å². The van der Waals surface area contributed by atoms with Gasteiger partial charge in [0.25, 0.3) is 0 Å². The predicted molar refractivity (Wildman–Crippen MR) is 80.1 cm³/mol. The van der Waals surface area contributed by atoms with E-state index < -0.39 is 0 Å². The SMILES string of the molecule is Cc1[nH]ncc1CNC[C@@H]([C@@H]1CCOC1)N1CCOCC1. The summed E-state index contributed by atoms with van der Waals surface area (Å²) >= 11 is 0. The Labute approximate surface area is 126 Å². The maximum absolute atomic E-state index is 5.60. The monoisotopic (exact) mass is 294 g/mol. The first-order chi connectivity index (χ1) is 10.3. The molecule has 2 saturated heterocycles. The summed E-state index contributed by atoms with van der Waals surface area (Å²) in [4.78, 5) is 2.57. The fourth-order valence-electron chi connectivity index (χ4n) is 3.27. The van der Waals surface area contributed by atoms with Gasteiger partial charge in [0.05, 0.1) is 26.0 Å². The second-order valence-electron chi connectivity index (χ2n) is 5.99. The van der Waals surface area contributed by atoms with Crippen LogP contribution in [0.1, 0.15) is 17.7 Å². The first kappa shape index (κ1) is 15.0. The van der Waals surface area contributed by atoms with Gasteiger partial charge >= 0.3 is 0 Å². The van der Waals surface area contributed by atoms with Crippen LogP contribution in [0.15, 0.2) is 6.20 Å². The summed E-state index contributed by atoms with van der Waals surface area (Å²) < 4.78 is 11.1. The maximum Gasteiger partial charge on any atom is 0.0594 e. The van der Waals surface area contributed by atoms with Crippen molar-refractivity contribution in [3.63, 3.8) is 0 Å². The molecule has 0 unspecified atom stereocenters. The van der Waals surface area contributed by atoms with Crippen LogP contribution in [0.3, 0.4) is 0 Å². The zero-order valence-corrected chi connectivity index (χ0v) is 12.8. The van der Waals surface area contributed by atoms with E-state index in [0.29, 0.717) is 12.0 Å². The van der Waals surface area contributed by atoms with Crippen molar-refractivity contribution in [1.29, 1.82) is 0 Å². The molecule has 0 spiro atoms. The predicted octanol–water partition coefficient (Wildman–Crippen LogP) is 0.545. The minimum absolute atomic E-state index is 0.545. The number of rotatable bonds is 6. The third kappa shape index (κ3) is 3.83. The van der Waals surface area contributed by atoms with Crippen LogP contribution in [0.4, 0.5) is 0 Å². The fraction of sp³-hybridized carbons (Fsp3) is 0.800. The highest BCUT2D eigenvalue weighted by Crippen LogP contribution is 2.22. The number of hydrogen-bond acceptors (Lipinski definition) is 5. The molecule has 2 atom stereocenters. The third-order valence-electron chi connectivity index (χ3n) is 4.63. The fourth-order valence-corrected chi connectivity index (χ4v) is 3.27. The smallest absolute Gasteiger partial charge is 0.0594 e. The molecule has 2 N–H and O–H groups in total. The Bertz CT molecular complexity index is 425. The van der Waals surface area contributed by atoms with Gasteiger partial charge in [-0.05, 0) is 13.3 Å². The first-order valence-corrected chi connectivity index (χ1v) is 7.93.